The molecule has 0 aliphatic rings. The predicted octanol–water partition coefficient (Wildman–Crippen LogP) is 3.22. The quantitative estimate of drug-likeness (QED) is 0.619. The van der Waals surface area contributed by atoms with Crippen molar-refractivity contribution in [3.63, 3.8) is 0 Å². The van der Waals surface area contributed by atoms with Crippen molar-refractivity contribution >= 4 is 11.0 Å². The van der Waals surface area contributed by atoms with Crippen molar-refractivity contribution in [3.8, 4) is 51.6 Å². The number of phenolic OH excluding ortho intramolecular Hbond substituents is 1. The van der Waals surface area contributed by atoms with E-state index in [9.17, 15) is 9.90 Å². The summed E-state index contributed by atoms with van der Waals surface area (Å²) in [5.74, 6) is 0.926. The average Bonchev–Trinajstić information content (AvgIpc) is 2.77. The molecule has 0 unspecified atom stereocenters. The van der Waals surface area contributed by atoms with Crippen LogP contribution in [0.5, 0.6) is 40.2 Å². The summed E-state index contributed by atoms with van der Waals surface area (Å²) < 4.78 is 37.8. The highest BCUT2D eigenvalue weighted by Crippen LogP contribution is 2.46. The van der Waals surface area contributed by atoms with Gasteiger partial charge in [-0.1, -0.05) is 0 Å². The van der Waals surface area contributed by atoms with Gasteiger partial charge < -0.3 is 37.9 Å². The number of methoxy groups -OCH3 is 6. The van der Waals surface area contributed by atoms with Crippen LogP contribution < -0.4 is 33.8 Å². The molecule has 0 aliphatic heterocycles. The van der Waals surface area contributed by atoms with E-state index in [-0.39, 0.29) is 34.0 Å². The fraction of sp³-hybridized carbons (Fsp3) is 0.286. The van der Waals surface area contributed by atoms with Crippen LogP contribution >= 0.6 is 0 Å². The zero-order valence-electron chi connectivity index (χ0n) is 17.4. The van der Waals surface area contributed by atoms with Crippen molar-refractivity contribution < 1.29 is 37.9 Å². The first kappa shape index (κ1) is 21.0. The number of fused-ring (bicyclic) bond motifs is 1. The molecule has 3 rings (SSSR count). The lowest BCUT2D eigenvalue weighted by atomic mass is 10.1. The van der Waals surface area contributed by atoms with E-state index in [0.717, 1.165) is 0 Å². The number of rotatable bonds is 7. The standard InChI is InChI=1S/C21H22O9/c1-24-12-7-10(8-13(25-2)19(12)27-4)18-21(29-6)17(23)15-11(30-18)9-14(26-3)20(28-5)16(15)22/h7-9,22H,1-6H3. The maximum Gasteiger partial charge on any atom is 0.239 e. The Morgan fingerprint density at radius 2 is 1.20 bits per heavy atom. The number of hydrogen-bond acceptors (Lipinski definition) is 9. The minimum Gasteiger partial charge on any atom is -0.504 e. The summed E-state index contributed by atoms with van der Waals surface area (Å²) in [6.45, 7) is 0. The highest BCUT2D eigenvalue weighted by atomic mass is 16.5. The third-order valence-electron chi connectivity index (χ3n) is 4.59. The highest BCUT2D eigenvalue weighted by molar-refractivity contribution is 5.91. The molecule has 3 aromatic rings. The van der Waals surface area contributed by atoms with E-state index in [1.54, 1.807) is 12.1 Å². The summed E-state index contributed by atoms with van der Waals surface area (Å²) in [4.78, 5) is 13.1. The zero-order chi connectivity index (χ0) is 22.0. The number of phenols is 1. The number of hydrogen-bond donors (Lipinski definition) is 1. The number of benzene rings is 2. The fourth-order valence-corrected chi connectivity index (χ4v) is 3.21. The molecule has 0 saturated heterocycles. The second kappa shape index (κ2) is 8.32. The Labute approximate surface area is 172 Å². The van der Waals surface area contributed by atoms with Gasteiger partial charge in [-0.25, -0.2) is 0 Å². The minimum atomic E-state index is -0.582. The van der Waals surface area contributed by atoms with Crippen LogP contribution in [-0.4, -0.2) is 47.8 Å². The van der Waals surface area contributed by atoms with E-state index < -0.39 is 11.2 Å². The predicted molar refractivity (Wildman–Crippen MR) is 109 cm³/mol. The monoisotopic (exact) mass is 418 g/mol. The summed E-state index contributed by atoms with van der Waals surface area (Å²) in [7, 11) is 8.53. The lowest BCUT2D eigenvalue weighted by Gasteiger charge is -2.16. The van der Waals surface area contributed by atoms with E-state index in [4.69, 9.17) is 32.8 Å². The molecule has 0 radical (unpaired) electrons. The molecule has 9 nitrogen and oxygen atoms in total. The molecule has 0 saturated carbocycles. The fourth-order valence-electron chi connectivity index (χ4n) is 3.21. The van der Waals surface area contributed by atoms with Crippen molar-refractivity contribution in [2.24, 2.45) is 0 Å². The minimum absolute atomic E-state index is 0.0138. The second-order valence-electron chi connectivity index (χ2n) is 6.04. The molecular weight excluding hydrogens is 396 g/mol. The van der Waals surface area contributed by atoms with Gasteiger partial charge in [-0.3, -0.25) is 4.79 Å². The second-order valence-corrected chi connectivity index (χ2v) is 6.04. The van der Waals surface area contributed by atoms with Gasteiger partial charge in [-0.2, -0.15) is 0 Å². The average molecular weight is 418 g/mol. The largest absolute Gasteiger partial charge is 0.504 e. The Morgan fingerprint density at radius 3 is 1.67 bits per heavy atom. The van der Waals surface area contributed by atoms with E-state index >= 15 is 0 Å². The van der Waals surface area contributed by atoms with Crippen LogP contribution in [0, 0.1) is 0 Å². The van der Waals surface area contributed by atoms with Gasteiger partial charge in [-0.05, 0) is 12.1 Å². The molecule has 9 heteroatoms. The molecule has 0 bridgehead atoms. The topological polar surface area (TPSA) is 106 Å². The van der Waals surface area contributed by atoms with Gasteiger partial charge in [0.1, 0.15) is 11.0 Å². The Balaban J connectivity index is 2.41. The number of aromatic hydroxyl groups is 1. The van der Waals surface area contributed by atoms with Crippen LogP contribution in [0.3, 0.4) is 0 Å². The molecule has 1 N–H and O–H groups in total. The van der Waals surface area contributed by atoms with Crippen LogP contribution in [0.2, 0.25) is 0 Å². The summed E-state index contributed by atoms with van der Waals surface area (Å²) in [5.41, 5.74) is -0.0599. The van der Waals surface area contributed by atoms with Gasteiger partial charge >= 0.3 is 0 Å². The van der Waals surface area contributed by atoms with Gasteiger partial charge in [0.05, 0.1) is 42.7 Å². The maximum absolute atomic E-state index is 13.1. The summed E-state index contributed by atoms with van der Waals surface area (Å²) in [5, 5.41) is 10.5. The first-order valence-corrected chi connectivity index (χ1v) is 8.74. The molecule has 0 spiro atoms. The summed E-state index contributed by atoms with van der Waals surface area (Å²) >= 11 is 0. The van der Waals surface area contributed by atoms with Gasteiger partial charge in [0.15, 0.2) is 28.8 Å². The maximum atomic E-state index is 13.1. The summed E-state index contributed by atoms with van der Waals surface area (Å²) in [6.07, 6.45) is 0. The smallest absolute Gasteiger partial charge is 0.239 e. The molecule has 160 valence electrons. The van der Waals surface area contributed by atoms with Crippen molar-refractivity contribution in [2.45, 2.75) is 0 Å². The van der Waals surface area contributed by atoms with Gasteiger partial charge in [0.25, 0.3) is 0 Å². The lowest BCUT2D eigenvalue weighted by molar-refractivity contribution is 0.324. The van der Waals surface area contributed by atoms with Crippen LogP contribution in [0.4, 0.5) is 0 Å². The van der Waals surface area contributed by atoms with Crippen molar-refractivity contribution in [1.29, 1.82) is 0 Å². The van der Waals surface area contributed by atoms with Crippen molar-refractivity contribution in [3.05, 3.63) is 28.4 Å². The van der Waals surface area contributed by atoms with Crippen LogP contribution in [0.15, 0.2) is 27.4 Å². The Morgan fingerprint density at radius 1 is 0.700 bits per heavy atom. The third kappa shape index (κ3) is 3.18. The molecule has 0 atom stereocenters. The first-order valence-electron chi connectivity index (χ1n) is 8.74. The normalized spacial score (nSPS) is 10.6. The van der Waals surface area contributed by atoms with E-state index in [0.29, 0.717) is 22.8 Å². The van der Waals surface area contributed by atoms with E-state index in [2.05, 4.69) is 0 Å². The molecular formula is C21H22O9. The van der Waals surface area contributed by atoms with Crippen molar-refractivity contribution in [1.82, 2.24) is 0 Å². The molecule has 0 amide bonds. The van der Waals surface area contributed by atoms with Gasteiger partial charge in [-0.15, -0.1) is 0 Å². The van der Waals surface area contributed by atoms with Crippen LogP contribution in [0.1, 0.15) is 0 Å². The third-order valence-corrected chi connectivity index (χ3v) is 4.59. The van der Waals surface area contributed by atoms with Crippen LogP contribution in [0.25, 0.3) is 22.3 Å². The first-order chi connectivity index (χ1) is 14.4. The molecule has 30 heavy (non-hydrogen) atoms. The number of ether oxygens (including phenoxy) is 6. The Hall–Kier alpha value is -3.75. The highest BCUT2D eigenvalue weighted by Gasteiger charge is 2.25. The molecule has 0 fully saturated rings. The van der Waals surface area contributed by atoms with Crippen LogP contribution in [-0.2, 0) is 0 Å². The molecule has 0 aliphatic carbocycles. The Bertz CT molecular complexity index is 1120. The van der Waals surface area contributed by atoms with E-state index in [1.165, 1.54) is 48.7 Å². The van der Waals surface area contributed by atoms with E-state index in [1.807, 2.05) is 0 Å². The lowest BCUT2D eigenvalue weighted by Crippen LogP contribution is -2.09. The zero-order valence-corrected chi connectivity index (χ0v) is 17.4. The SMILES string of the molecule is COc1cc(-c2oc3cc(OC)c(OC)c(O)c3c(=O)c2OC)cc(OC)c1OC. The summed E-state index contributed by atoms with van der Waals surface area (Å²) in [6, 6.07) is 4.69. The molecule has 1 aromatic heterocycles. The van der Waals surface area contributed by atoms with Gasteiger partial charge in [0, 0.05) is 11.6 Å². The molecule has 2 aromatic carbocycles. The van der Waals surface area contributed by atoms with Crippen molar-refractivity contribution in [2.75, 3.05) is 42.7 Å². The Kier molecular flexibility index (Phi) is 5.81. The van der Waals surface area contributed by atoms with Gasteiger partial charge in [0.2, 0.25) is 22.7 Å². The molecule has 1 heterocycles.